The van der Waals surface area contributed by atoms with Gasteiger partial charge in [-0.05, 0) is 32.1 Å². The van der Waals surface area contributed by atoms with Crippen LogP contribution in [0.2, 0.25) is 0 Å². The van der Waals surface area contributed by atoms with Crippen LogP contribution in [0.5, 0.6) is 0 Å². The fourth-order valence-electron chi connectivity index (χ4n) is 3.60. The molecular formula is C14H19N3O5S. The van der Waals surface area contributed by atoms with E-state index in [-0.39, 0.29) is 23.5 Å². The summed E-state index contributed by atoms with van der Waals surface area (Å²) in [5, 5.41) is 3.79. The third kappa shape index (κ3) is 2.46. The van der Waals surface area contributed by atoms with Gasteiger partial charge in [-0.15, -0.1) is 0 Å². The number of nitrogens with zero attached hydrogens (tertiary/aromatic N) is 3. The molecule has 0 radical (unpaired) electrons. The lowest BCUT2D eigenvalue weighted by atomic mass is 9.99. The molecule has 1 aliphatic heterocycles. The van der Waals surface area contributed by atoms with Crippen LogP contribution in [-0.2, 0) is 25.3 Å². The molecule has 1 aromatic rings. The summed E-state index contributed by atoms with van der Waals surface area (Å²) in [6, 6.07) is 0. The summed E-state index contributed by atoms with van der Waals surface area (Å²) in [7, 11) is -2.24. The van der Waals surface area contributed by atoms with Crippen LogP contribution in [-0.4, -0.2) is 48.0 Å². The Hall–Kier alpha value is -1.48. The normalized spacial score (nSPS) is 26.6. The molecule has 2 aliphatic carbocycles. The number of carbonyl (C=O) groups excluding carboxylic acids is 1. The van der Waals surface area contributed by atoms with E-state index < -0.39 is 15.6 Å². The van der Waals surface area contributed by atoms with Crippen LogP contribution >= 0.6 is 0 Å². The van der Waals surface area contributed by atoms with Gasteiger partial charge in [-0.25, -0.2) is 8.42 Å². The molecule has 3 fully saturated rings. The molecule has 9 heteroatoms. The van der Waals surface area contributed by atoms with E-state index in [4.69, 9.17) is 9.26 Å². The minimum Gasteiger partial charge on any atom is -0.469 e. The zero-order valence-corrected chi connectivity index (χ0v) is 13.7. The summed E-state index contributed by atoms with van der Waals surface area (Å²) in [5.74, 6) is 0.0581. The maximum absolute atomic E-state index is 12.8. The van der Waals surface area contributed by atoms with Gasteiger partial charge in [0.25, 0.3) is 0 Å². The fraction of sp³-hybridized carbons (Fsp3) is 0.786. The van der Waals surface area contributed by atoms with Crippen LogP contribution in [0.4, 0.5) is 0 Å². The van der Waals surface area contributed by atoms with Crippen LogP contribution in [0.1, 0.15) is 49.7 Å². The third-order valence-electron chi connectivity index (χ3n) is 5.07. The van der Waals surface area contributed by atoms with Gasteiger partial charge in [-0.1, -0.05) is 5.16 Å². The molecule has 1 atom stereocenters. The number of esters is 1. The largest absolute Gasteiger partial charge is 0.469 e. The van der Waals surface area contributed by atoms with Crippen molar-refractivity contribution in [3.05, 3.63) is 11.7 Å². The molecule has 1 aromatic heterocycles. The molecule has 0 bridgehead atoms. The summed E-state index contributed by atoms with van der Waals surface area (Å²) in [6.45, 7) is 0.343. The Labute approximate surface area is 134 Å². The van der Waals surface area contributed by atoms with Crippen molar-refractivity contribution >= 4 is 16.0 Å². The average molecular weight is 341 g/mol. The minimum absolute atomic E-state index is 0.198. The fourth-order valence-corrected chi connectivity index (χ4v) is 5.44. The Kier molecular flexibility index (Phi) is 3.28. The molecule has 2 heterocycles. The second-order valence-corrected chi connectivity index (χ2v) is 8.51. The third-order valence-corrected chi connectivity index (χ3v) is 6.91. The number of aromatic nitrogens is 2. The first-order chi connectivity index (χ1) is 11.0. The van der Waals surface area contributed by atoms with Gasteiger partial charge in [0.05, 0.1) is 13.0 Å². The lowest BCUT2D eigenvalue weighted by Crippen LogP contribution is -2.42. The molecule has 126 valence electrons. The zero-order chi connectivity index (χ0) is 16.2. The number of ether oxygens (including phenoxy) is 1. The molecule has 0 aromatic carbocycles. The molecule has 0 amide bonds. The van der Waals surface area contributed by atoms with Gasteiger partial charge < -0.3 is 9.26 Å². The molecule has 3 aliphatic rings. The van der Waals surface area contributed by atoms with E-state index in [0.717, 1.165) is 12.8 Å². The van der Waals surface area contributed by atoms with Gasteiger partial charge in [0, 0.05) is 18.0 Å². The lowest BCUT2D eigenvalue weighted by Gasteiger charge is -2.25. The van der Waals surface area contributed by atoms with Gasteiger partial charge in [-0.3, -0.25) is 4.79 Å². The van der Waals surface area contributed by atoms with E-state index in [9.17, 15) is 13.2 Å². The van der Waals surface area contributed by atoms with Crippen molar-refractivity contribution in [2.45, 2.75) is 49.3 Å². The topological polar surface area (TPSA) is 103 Å². The van der Waals surface area contributed by atoms with Crippen LogP contribution in [0.3, 0.4) is 0 Å². The van der Waals surface area contributed by atoms with E-state index in [0.29, 0.717) is 37.6 Å². The van der Waals surface area contributed by atoms with E-state index >= 15 is 0 Å². The van der Waals surface area contributed by atoms with Gasteiger partial charge in [0.15, 0.2) is 5.82 Å². The lowest BCUT2D eigenvalue weighted by molar-refractivity contribution is -0.146. The highest BCUT2D eigenvalue weighted by atomic mass is 32.2. The highest BCUT2D eigenvalue weighted by Gasteiger charge is 2.63. The minimum atomic E-state index is -3.58. The molecule has 0 N–H and O–H groups in total. The van der Waals surface area contributed by atoms with Crippen molar-refractivity contribution in [1.82, 2.24) is 14.4 Å². The van der Waals surface area contributed by atoms with Crippen LogP contribution in [0.25, 0.3) is 0 Å². The highest BCUT2D eigenvalue weighted by molar-refractivity contribution is 7.88. The Bertz CT molecular complexity index is 735. The van der Waals surface area contributed by atoms with Gasteiger partial charge in [0.2, 0.25) is 15.9 Å². The Balaban J connectivity index is 1.53. The molecule has 1 unspecified atom stereocenters. The van der Waals surface area contributed by atoms with Crippen molar-refractivity contribution in [3.8, 4) is 0 Å². The summed E-state index contributed by atoms with van der Waals surface area (Å²) in [6.07, 6.45) is 3.94. The van der Waals surface area contributed by atoms with E-state index in [1.807, 2.05) is 0 Å². The van der Waals surface area contributed by atoms with E-state index in [1.54, 1.807) is 0 Å². The van der Waals surface area contributed by atoms with Crippen LogP contribution in [0.15, 0.2) is 4.52 Å². The number of hydrogen-bond acceptors (Lipinski definition) is 7. The van der Waals surface area contributed by atoms with Crippen molar-refractivity contribution in [2.24, 2.45) is 5.92 Å². The SMILES string of the molecule is COC(=O)C1CCN(S(=O)(=O)Cc2noc(C3CC3)n2)C12CC2. The Morgan fingerprint density at radius 2 is 2.13 bits per heavy atom. The van der Waals surface area contributed by atoms with Crippen molar-refractivity contribution in [1.29, 1.82) is 0 Å². The smallest absolute Gasteiger partial charge is 0.310 e. The first-order valence-electron chi connectivity index (χ1n) is 7.87. The van der Waals surface area contributed by atoms with Crippen molar-refractivity contribution in [2.75, 3.05) is 13.7 Å². The number of sulfonamides is 1. The predicted octanol–water partition coefficient (Wildman–Crippen LogP) is 0.804. The number of methoxy groups -OCH3 is 1. The van der Waals surface area contributed by atoms with Gasteiger partial charge in [0.1, 0.15) is 5.75 Å². The second-order valence-electron chi connectivity index (χ2n) is 6.62. The Morgan fingerprint density at radius 1 is 1.39 bits per heavy atom. The monoisotopic (exact) mass is 341 g/mol. The molecular weight excluding hydrogens is 322 g/mol. The van der Waals surface area contributed by atoms with E-state index in [2.05, 4.69) is 10.1 Å². The zero-order valence-electron chi connectivity index (χ0n) is 12.9. The summed E-state index contributed by atoms with van der Waals surface area (Å²) in [4.78, 5) is 16.1. The quantitative estimate of drug-likeness (QED) is 0.730. The molecule has 4 rings (SSSR count). The molecule has 23 heavy (non-hydrogen) atoms. The maximum Gasteiger partial charge on any atom is 0.310 e. The number of rotatable bonds is 5. The maximum atomic E-state index is 12.8. The number of hydrogen-bond donors (Lipinski definition) is 0. The number of carbonyl (C=O) groups is 1. The summed E-state index contributed by atoms with van der Waals surface area (Å²) < 4.78 is 36.9. The first kappa shape index (κ1) is 15.1. The molecule has 8 nitrogen and oxygen atoms in total. The first-order valence-corrected chi connectivity index (χ1v) is 9.48. The highest BCUT2D eigenvalue weighted by Crippen LogP contribution is 2.55. The molecule has 1 saturated heterocycles. The summed E-state index contributed by atoms with van der Waals surface area (Å²) in [5.41, 5.74) is -0.588. The Morgan fingerprint density at radius 3 is 2.74 bits per heavy atom. The van der Waals surface area contributed by atoms with Crippen molar-refractivity contribution < 1.29 is 22.5 Å². The molecule has 2 saturated carbocycles. The van der Waals surface area contributed by atoms with Gasteiger partial charge >= 0.3 is 5.97 Å². The van der Waals surface area contributed by atoms with Crippen LogP contribution < -0.4 is 0 Å². The average Bonchev–Trinajstić information content (AvgIpc) is 3.40. The molecule has 1 spiro atoms. The second kappa shape index (κ2) is 5.01. The standard InChI is InChI=1S/C14H19N3O5S/c1-21-13(18)10-4-7-17(14(10)5-6-14)23(19,20)8-11-15-12(22-16-11)9-2-3-9/h9-10H,2-8H2,1H3. The van der Waals surface area contributed by atoms with Gasteiger partial charge in [-0.2, -0.15) is 9.29 Å². The van der Waals surface area contributed by atoms with Crippen molar-refractivity contribution in [3.63, 3.8) is 0 Å². The predicted molar refractivity (Wildman–Crippen MR) is 77.7 cm³/mol. The van der Waals surface area contributed by atoms with E-state index in [1.165, 1.54) is 11.4 Å². The summed E-state index contributed by atoms with van der Waals surface area (Å²) >= 11 is 0. The van der Waals surface area contributed by atoms with Crippen LogP contribution in [0, 0.1) is 5.92 Å².